The van der Waals surface area contributed by atoms with Crippen molar-refractivity contribution in [3.05, 3.63) is 56.8 Å². The molecule has 0 radical (unpaired) electrons. The van der Waals surface area contributed by atoms with Crippen LogP contribution in [0.4, 0.5) is 5.69 Å². The summed E-state index contributed by atoms with van der Waals surface area (Å²) in [5, 5.41) is 11.2. The number of hydrogen-bond acceptors (Lipinski definition) is 4. The maximum atomic E-state index is 10.6. The van der Waals surface area contributed by atoms with Gasteiger partial charge in [-0.2, -0.15) is 0 Å². The van der Waals surface area contributed by atoms with Gasteiger partial charge in [0.15, 0.2) is 0 Å². The fourth-order valence-corrected chi connectivity index (χ4v) is 2.79. The summed E-state index contributed by atoms with van der Waals surface area (Å²) in [7, 11) is 0. The smallest absolute Gasteiger partial charge is 0.265 e. The molecule has 0 fully saturated rings. The largest absolute Gasteiger partial charge is 0.272 e. The molecule has 2 rings (SSSR count). The summed E-state index contributed by atoms with van der Waals surface area (Å²) in [5.41, 5.74) is -0.121. The van der Waals surface area contributed by atoms with Crippen LogP contribution in [0.2, 0.25) is 10.0 Å². The molecule has 0 spiro atoms. The molecule has 0 bridgehead atoms. The third-order valence-corrected chi connectivity index (χ3v) is 4.04. The lowest BCUT2D eigenvalue weighted by Crippen LogP contribution is -1.89. The molecular weight excluding hydrogens is 295 g/mol. The Kier molecular flexibility index (Phi) is 4.06. The molecule has 7 heteroatoms. The van der Waals surface area contributed by atoms with Gasteiger partial charge in [0.2, 0.25) is 0 Å². The highest BCUT2D eigenvalue weighted by Gasteiger charge is 2.15. The number of nitrogens with zero attached hydrogens (tertiary/aromatic N) is 2. The first-order valence-corrected chi connectivity index (χ1v) is 6.36. The third-order valence-electron chi connectivity index (χ3n) is 2.06. The van der Waals surface area contributed by atoms with Crippen molar-refractivity contribution >= 4 is 40.7 Å². The highest BCUT2D eigenvalue weighted by Crippen LogP contribution is 2.40. The van der Waals surface area contributed by atoms with Crippen LogP contribution in [0.25, 0.3) is 0 Å². The standard InChI is InChI=1S/C11H6Cl2N2O2S/c12-9-5-7(15(16)17)6-10(13)11(9)18-8-1-3-14-4-2-8/h1-6H. The Balaban J connectivity index is 2.37. The van der Waals surface area contributed by atoms with Gasteiger partial charge in [-0.3, -0.25) is 15.1 Å². The SMILES string of the molecule is O=[N+]([O-])c1cc(Cl)c(Sc2ccncc2)c(Cl)c1. The number of hydrogen-bond donors (Lipinski definition) is 0. The molecule has 18 heavy (non-hydrogen) atoms. The first kappa shape index (κ1) is 13.1. The van der Waals surface area contributed by atoms with Crippen LogP contribution in [-0.4, -0.2) is 9.91 Å². The van der Waals surface area contributed by atoms with E-state index in [-0.39, 0.29) is 15.7 Å². The maximum Gasteiger partial charge on any atom is 0.272 e. The summed E-state index contributed by atoms with van der Waals surface area (Å²) < 4.78 is 0. The molecule has 0 saturated heterocycles. The summed E-state index contributed by atoms with van der Waals surface area (Å²) in [5.74, 6) is 0. The predicted octanol–water partition coefficient (Wildman–Crippen LogP) is 4.45. The number of non-ortho nitro benzene ring substituents is 1. The van der Waals surface area contributed by atoms with E-state index < -0.39 is 4.92 Å². The van der Waals surface area contributed by atoms with Crippen molar-refractivity contribution in [2.75, 3.05) is 0 Å². The van der Waals surface area contributed by atoms with Crippen LogP contribution < -0.4 is 0 Å². The molecule has 92 valence electrons. The van der Waals surface area contributed by atoms with Crippen molar-refractivity contribution < 1.29 is 4.92 Å². The summed E-state index contributed by atoms with van der Waals surface area (Å²) in [6.45, 7) is 0. The molecule has 0 atom stereocenters. The zero-order valence-corrected chi connectivity index (χ0v) is 11.2. The first-order valence-electron chi connectivity index (χ1n) is 4.79. The van der Waals surface area contributed by atoms with Gasteiger partial charge in [0, 0.05) is 34.3 Å². The summed E-state index contributed by atoms with van der Waals surface area (Å²) >= 11 is 13.3. The molecule has 2 aromatic rings. The van der Waals surface area contributed by atoms with Gasteiger partial charge in [0.05, 0.1) is 15.0 Å². The number of nitro benzene ring substituents is 1. The Morgan fingerprint density at radius 2 is 1.72 bits per heavy atom. The van der Waals surface area contributed by atoms with Crippen molar-refractivity contribution in [2.45, 2.75) is 9.79 Å². The fraction of sp³-hybridized carbons (Fsp3) is 0. The second-order valence-electron chi connectivity index (χ2n) is 3.28. The van der Waals surface area contributed by atoms with E-state index in [1.807, 2.05) is 0 Å². The van der Waals surface area contributed by atoms with E-state index in [2.05, 4.69) is 4.98 Å². The zero-order valence-electron chi connectivity index (χ0n) is 8.84. The molecule has 0 aliphatic heterocycles. The van der Waals surface area contributed by atoms with Gasteiger partial charge in [-0.25, -0.2) is 0 Å². The topological polar surface area (TPSA) is 56.0 Å². The average molecular weight is 301 g/mol. The molecule has 4 nitrogen and oxygen atoms in total. The summed E-state index contributed by atoms with van der Waals surface area (Å²) in [6, 6.07) is 6.19. The van der Waals surface area contributed by atoms with E-state index in [1.54, 1.807) is 24.5 Å². The van der Waals surface area contributed by atoms with Crippen LogP contribution in [-0.2, 0) is 0 Å². The molecule has 0 N–H and O–H groups in total. The predicted molar refractivity (Wildman–Crippen MR) is 71.5 cm³/mol. The maximum absolute atomic E-state index is 10.6. The molecule has 1 heterocycles. The Hall–Kier alpha value is -1.30. The van der Waals surface area contributed by atoms with Crippen LogP contribution in [0.5, 0.6) is 0 Å². The molecule has 0 aliphatic rings. The average Bonchev–Trinajstić information content (AvgIpc) is 2.34. The Morgan fingerprint density at radius 1 is 1.17 bits per heavy atom. The van der Waals surface area contributed by atoms with E-state index in [0.29, 0.717) is 4.90 Å². The summed E-state index contributed by atoms with van der Waals surface area (Å²) in [6.07, 6.45) is 3.30. The lowest BCUT2D eigenvalue weighted by molar-refractivity contribution is -0.384. The molecule has 0 aliphatic carbocycles. The second-order valence-corrected chi connectivity index (χ2v) is 5.18. The van der Waals surface area contributed by atoms with E-state index >= 15 is 0 Å². The highest BCUT2D eigenvalue weighted by atomic mass is 35.5. The molecule has 0 saturated carbocycles. The lowest BCUT2D eigenvalue weighted by Gasteiger charge is -2.06. The van der Waals surface area contributed by atoms with Crippen molar-refractivity contribution in [1.29, 1.82) is 0 Å². The molecule has 1 aromatic carbocycles. The lowest BCUT2D eigenvalue weighted by atomic mass is 10.3. The number of pyridine rings is 1. The zero-order chi connectivity index (χ0) is 13.1. The van der Waals surface area contributed by atoms with E-state index in [1.165, 1.54) is 23.9 Å². The number of nitro groups is 1. The van der Waals surface area contributed by atoms with Crippen LogP contribution in [0, 0.1) is 10.1 Å². The minimum absolute atomic E-state index is 0.121. The minimum atomic E-state index is -0.529. The van der Waals surface area contributed by atoms with Gasteiger partial charge >= 0.3 is 0 Å². The van der Waals surface area contributed by atoms with Gasteiger partial charge in [-0.15, -0.1) is 0 Å². The normalized spacial score (nSPS) is 10.3. The number of aromatic nitrogens is 1. The van der Waals surface area contributed by atoms with Crippen molar-refractivity contribution in [3.8, 4) is 0 Å². The van der Waals surface area contributed by atoms with Gasteiger partial charge in [-0.05, 0) is 12.1 Å². The van der Waals surface area contributed by atoms with Crippen LogP contribution in [0.3, 0.4) is 0 Å². The third kappa shape index (κ3) is 2.93. The van der Waals surface area contributed by atoms with Crippen molar-refractivity contribution in [2.24, 2.45) is 0 Å². The van der Waals surface area contributed by atoms with E-state index in [4.69, 9.17) is 23.2 Å². The molecule has 0 amide bonds. The van der Waals surface area contributed by atoms with Crippen LogP contribution in [0.15, 0.2) is 46.5 Å². The molecule has 1 aromatic heterocycles. The van der Waals surface area contributed by atoms with Gasteiger partial charge in [0.25, 0.3) is 5.69 Å². The van der Waals surface area contributed by atoms with Crippen molar-refractivity contribution in [1.82, 2.24) is 4.98 Å². The monoisotopic (exact) mass is 300 g/mol. The second kappa shape index (κ2) is 5.56. The van der Waals surface area contributed by atoms with Crippen LogP contribution in [0.1, 0.15) is 0 Å². The first-order chi connectivity index (χ1) is 8.58. The number of benzene rings is 1. The Labute approximate surface area is 117 Å². The van der Waals surface area contributed by atoms with E-state index in [0.717, 1.165) is 4.90 Å². The molecular formula is C11H6Cl2N2O2S. The van der Waals surface area contributed by atoms with E-state index in [9.17, 15) is 10.1 Å². The quantitative estimate of drug-likeness (QED) is 0.621. The van der Waals surface area contributed by atoms with Gasteiger partial charge < -0.3 is 0 Å². The van der Waals surface area contributed by atoms with Crippen LogP contribution >= 0.6 is 35.0 Å². The summed E-state index contributed by atoms with van der Waals surface area (Å²) in [4.78, 5) is 15.5. The molecule has 0 unspecified atom stereocenters. The Bertz CT molecular complexity index is 570. The van der Waals surface area contributed by atoms with Gasteiger partial charge in [-0.1, -0.05) is 35.0 Å². The fourth-order valence-electron chi connectivity index (χ4n) is 1.27. The number of rotatable bonds is 3. The Morgan fingerprint density at radius 3 is 2.22 bits per heavy atom. The van der Waals surface area contributed by atoms with Gasteiger partial charge in [0.1, 0.15) is 0 Å². The highest BCUT2D eigenvalue weighted by molar-refractivity contribution is 7.99. The number of halogens is 2. The minimum Gasteiger partial charge on any atom is -0.265 e. The van der Waals surface area contributed by atoms with Crippen molar-refractivity contribution in [3.63, 3.8) is 0 Å².